The molecule has 1 unspecified atom stereocenters. The minimum Gasteiger partial charge on any atom is -0.503 e. The Bertz CT molecular complexity index is 1370. The zero-order chi connectivity index (χ0) is 23.7. The third-order valence-corrected chi connectivity index (χ3v) is 6.40. The molecule has 3 aromatic carbocycles. The molecule has 1 aliphatic rings. The third kappa shape index (κ3) is 4.32. The molecule has 0 bridgehead atoms. The summed E-state index contributed by atoms with van der Waals surface area (Å²) in [6.45, 7) is 0. The first kappa shape index (κ1) is 22.2. The molecule has 2 heterocycles. The largest absolute Gasteiger partial charge is 0.503 e. The maximum atomic E-state index is 14.0. The maximum Gasteiger partial charge on any atom is 0.247 e. The number of ether oxygens (including phenoxy) is 2. The fraction of sp³-hybridized carbons (Fsp3) is 0.125. The van der Waals surface area contributed by atoms with E-state index in [1.54, 1.807) is 30.3 Å². The van der Waals surface area contributed by atoms with Crippen LogP contribution < -0.4 is 14.8 Å². The van der Waals surface area contributed by atoms with E-state index in [0.717, 1.165) is 11.3 Å². The summed E-state index contributed by atoms with van der Waals surface area (Å²) in [6, 6.07) is 17.3. The lowest BCUT2D eigenvalue weighted by Crippen LogP contribution is -2.17. The number of phenolic OH excluding ortho intramolecular Hbond substituents is 1. The van der Waals surface area contributed by atoms with Gasteiger partial charge in [0.25, 0.3) is 0 Å². The molecule has 172 valence electrons. The molecule has 7 nitrogen and oxygen atoms in total. The predicted octanol–water partition coefficient (Wildman–Crippen LogP) is 5.84. The molecule has 2 N–H and O–H groups in total. The molecule has 0 amide bonds. The first-order chi connectivity index (χ1) is 16.5. The Kier molecular flexibility index (Phi) is 6.12. The number of anilines is 1. The molecular formula is C24H18ClFN4O3S. The first-order valence-electron chi connectivity index (χ1n) is 10.2. The van der Waals surface area contributed by atoms with Gasteiger partial charge in [0.1, 0.15) is 5.82 Å². The standard InChI is InChI=1S/C24H18ClFN4O3S/c1-32-19-11-14(10-16(25)21(19)31)22-27-18-9-5-3-7-15(18)20-23(33-22)28-24(30-29-20)34-12-13-6-2-4-8-17(13)26/h2-11,22,27,31H,12H2,1H3. The van der Waals surface area contributed by atoms with E-state index in [0.29, 0.717) is 27.7 Å². The highest BCUT2D eigenvalue weighted by Crippen LogP contribution is 2.42. The number of hydrogen-bond donors (Lipinski definition) is 2. The molecule has 0 saturated carbocycles. The second-order valence-corrected chi connectivity index (χ2v) is 8.72. The zero-order valence-corrected chi connectivity index (χ0v) is 19.4. The van der Waals surface area contributed by atoms with E-state index in [1.807, 2.05) is 24.3 Å². The van der Waals surface area contributed by atoms with Crippen LogP contribution in [-0.2, 0) is 5.75 Å². The number of rotatable bonds is 5. The Morgan fingerprint density at radius 3 is 2.76 bits per heavy atom. The number of benzene rings is 3. The van der Waals surface area contributed by atoms with E-state index in [2.05, 4.69) is 20.5 Å². The van der Waals surface area contributed by atoms with Gasteiger partial charge in [-0.2, -0.15) is 4.98 Å². The van der Waals surface area contributed by atoms with Crippen LogP contribution in [0.3, 0.4) is 0 Å². The van der Waals surface area contributed by atoms with Gasteiger partial charge < -0.3 is 19.9 Å². The van der Waals surface area contributed by atoms with Gasteiger partial charge in [0.2, 0.25) is 11.0 Å². The highest BCUT2D eigenvalue weighted by atomic mass is 35.5. The zero-order valence-electron chi connectivity index (χ0n) is 17.8. The molecule has 0 aliphatic carbocycles. The second-order valence-electron chi connectivity index (χ2n) is 7.37. The Hall–Kier alpha value is -3.56. The molecule has 1 aliphatic heterocycles. The van der Waals surface area contributed by atoms with E-state index in [1.165, 1.54) is 24.9 Å². The maximum absolute atomic E-state index is 14.0. The number of methoxy groups -OCH3 is 1. The first-order valence-corrected chi connectivity index (χ1v) is 11.6. The van der Waals surface area contributed by atoms with Crippen LogP contribution in [0.15, 0.2) is 65.8 Å². The number of nitrogens with zero attached hydrogens (tertiary/aromatic N) is 3. The lowest BCUT2D eigenvalue weighted by Gasteiger charge is -2.20. The average molecular weight is 497 g/mol. The van der Waals surface area contributed by atoms with Crippen molar-refractivity contribution in [3.8, 4) is 28.6 Å². The summed E-state index contributed by atoms with van der Waals surface area (Å²) in [5, 5.41) is 22.5. The van der Waals surface area contributed by atoms with Gasteiger partial charge in [0.05, 0.1) is 12.1 Å². The molecular weight excluding hydrogens is 479 g/mol. The minimum absolute atomic E-state index is 0.124. The molecule has 1 aromatic heterocycles. The molecule has 0 radical (unpaired) electrons. The van der Waals surface area contributed by atoms with Gasteiger partial charge in [-0.05, 0) is 29.8 Å². The second kappa shape index (κ2) is 9.36. The van der Waals surface area contributed by atoms with Gasteiger partial charge in [-0.15, -0.1) is 10.2 Å². The molecule has 5 rings (SSSR count). The third-order valence-electron chi connectivity index (χ3n) is 5.22. The van der Waals surface area contributed by atoms with Crippen molar-refractivity contribution in [2.45, 2.75) is 17.1 Å². The number of hydrogen-bond acceptors (Lipinski definition) is 8. The number of aromatic nitrogens is 3. The number of thioether (sulfide) groups is 1. The number of nitrogens with one attached hydrogen (secondary N) is 1. The molecule has 34 heavy (non-hydrogen) atoms. The van der Waals surface area contributed by atoms with E-state index in [4.69, 9.17) is 21.1 Å². The molecule has 4 aromatic rings. The highest BCUT2D eigenvalue weighted by molar-refractivity contribution is 7.98. The van der Waals surface area contributed by atoms with Crippen LogP contribution in [0.2, 0.25) is 5.02 Å². The normalized spacial score (nSPS) is 14.3. The van der Waals surface area contributed by atoms with Gasteiger partial charge >= 0.3 is 0 Å². The van der Waals surface area contributed by atoms with Gasteiger partial charge in [-0.3, -0.25) is 0 Å². The van der Waals surface area contributed by atoms with Gasteiger partial charge in [0.15, 0.2) is 23.4 Å². The Morgan fingerprint density at radius 2 is 1.94 bits per heavy atom. The van der Waals surface area contributed by atoms with Crippen LogP contribution in [0.5, 0.6) is 17.4 Å². The van der Waals surface area contributed by atoms with E-state index >= 15 is 0 Å². The molecule has 10 heteroatoms. The molecule has 1 atom stereocenters. The van der Waals surface area contributed by atoms with Crippen LogP contribution >= 0.6 is 23.4 Å². The van der Waals surface area contributed by atoms with Crippen molar-refractivity contribution in [2.75, 3.05) is 12.4 Å². The highest BCUT2D eigenvalue weighted by Gasteiger charge is 2.27. The van der Waals surface area contributed by atoms with E-state index in [-0.39, 0.29) is 28.2 Å². The number of aromatic hydroxyl groups is 1. The van der Waals surface area contributed by atoms with Crippen LogP contribution in [0.25, 0.3) is 11.3 Å². The molecule has 0 fully saturated rings. The van der Waals surface area contributed by atoms with Crippen molar-refractivity contribution in [3.63, 3.8) is 0 Å². The Morgan fingerprint density at radius 1 is 1.15 bits per heavy atom. The van der Waals surface area contributed by atoms with Gasteiger partial charge in [-0.1, -0.05) is 59.8 Å². The van der Waals surface area contributed by atoms with Crippen molar-refractivity contribution in [1.29, 1.82) is 0 Å². The summed E-state index contributed by atoms with van der Waals surface area (Å²) in [5.41, 5.74) is 3.15. The SMILES string of the molecule is COc1cc(C2Nc3ccccc3-c3nnc(SCc4ccccc4F)nc3O2)cc(Cl)c1O. The van der Waals surface area contributed by atoms with Crippen molar-refractivity contribution < 1.29 is 19.0 Å². The number of fused-ring (bicyclic) bond motifs is 3. The smallest absolute Gasteiger partial charge is 0.247 e. The average Bonchev–Trinajstić information content (AvgIpc) is 3.01. The summed E-state index contributed by atoms with van der Waals surface area (Å²) in [4.78, 5) is 4.57. The Balaban J connectivity index is 1.52. The van der Waals surface area contributed by atoms with E-state index < -0.39 is 6.23 Å². The van der Waals surface area contributed by atoms with Crippen LogP contribution in [0.1, 0.15) is 17.4 Å². The van der Waals surface area contributed by atoms with Crippen molar-refractivity contribution >= 4 is 29.1 Å². The quantitative estimate of drug-likeness (QED) is 0.333. The summed E-state index contributed by atoms with van der Waals surface area (Å²) >= 11 is 7.47. The van der Waals surface area contributed by atoms with Crippen molar-refractivity contribution in [3.05, 3.63) is 82.6 Å². The summed E-state index contributed by atoms with van der Waals surface area (Å²) < 4.78 is 25.5. The summed E-state index contributed by atoms with van der Waals surface area (Å²) in [5.74, 6) is 0.378. The van der Waals surface area contributed by atoms with Crippen LogP contribution in [-0.4, -0.2) is 27.4 Å². The van der Waals surface area contributed by atoms with Crippen molar-refractivity contribution in [1.82, 2.24) is 15.2 Å². The van der Waals surface area contributed by atoms with Crippen LogP contribution in [0, 0.1) is 5.82 Å². The fourth-order valence-electron chi connectivity index (χ4n) is 3.52. The topological polar surface area (TPSA) is 89.4 Å². The summed E-state index contributed by atoms with van der Waals surface area (Å²) in [7, 11) is 1.44. The number of phenols is 1. The molecule has 0 saturated heterocycles. The monoisotopic (exact) mass is 496 g/mol. The lowest BCUT2D eigenvalue weighted by molar-refractivity contribution is 0.224. The van der Waals surface area contributed by atoms with Gasteiger partial charge in [-0.25, -0.2) is 4.39 Å². The van der Waals surface area contributed by atoms with E-state index in [9.17, 15) is 9.50 Å². The number of para-hydroxylation sites is 1. The Labute approximate surface area is 203 Å². The fourth-order valence-corrected chi connectivity index (χ4v) is 4.50. The predicted molar refractivity (Wildman–Crippen MR) is 128 cm³/mol. The minimum atomic E-state index is -0.712. The molecule has 0 spiro atoms. The van der Waals surface area contributed by atoms with Crippen LogP contribution in [0.4, 0.5) is 10.1 Å². The number of halogens is 2. The summed E-state index contributed by atoms with van der Waals surface area (Å²) in [6.07, 6.45) is -0.712. The van der Waals surface area contributed by atoms with Crippen molar-refractivity contribution in [2.24, 2.45) is 0 Å². The lowest BCUT2D eigenvalue weighted by atomic mass is 10.1. The van der Waals surface area contributed by atoms with Gasteiger partial charge in [0, 0.05) is 22.6 Å².